The summed E-state index contributed by atoms with van der Waals surface area (Å²) in [5.74, 6) is 1.88. The maximum absolute atomic E-state index is 11.5. The molecule has 30 heavy (non-hydrogen) atoms. The van der Waals surface area contributed by atoms with Gasteiger partial charge in [-0.3, -0.25) is 4.79 Å². The van der Waals surface area contributed by atoms with Gasteiger partial charge in [0.25, 0.3) is 0 Å². The molecule has 0 spiro atoms. The van der Waals surface area contributed by atoms with Crippen LogP contribution in [0, 0.1) is 0 Å². The Labute approximate surface area is 180 Å². The van der Waals surface area contributed by atoms with Crippen molar-refractivity contribution in [3.63, 3.8) is 0 Å². The molecule has 4 nitrogen and oxygen atoms in total. The molecule has 0 aliphatic heterocycles. The molecule has 1 N–H and O–H groups in total. The lowest BCUT2D eigenvalue weighted by atomic mass is 9.99. The highest BCUT2D eigenvalue weighted by atomic mass is 35.5. The van der Waals surface area contributed by atoms with Gasteiger partial charge < -0.3 is 14.8 Å². The highest BCUT2D eigenvalue weighted by Crippen LogP contribution is 2.40. The van der Waals surface area contributed by atoms with Crippen LogP contribution in [-0.2, 0) is 4.79 Å². The summed E-state index contributed by atoms with van der Waals surface area (Å²) in [4.78, 5) is 11.5. The van der Waals surface area contributed by atoms with Gasteiger partial charge in [-0.25, -0.2) is 0 Å². The summed E-state index contributed by atoms with van der Waals surface area (Å²) in [7, 11) is 1.65. The third kappa shape index (κ3) is 4.24. The number of carbonyl (C=O) groups excluding carboxylic acids is 1. The van der Waals surface area contributed by atoms with Gasteiger partial charge in [-0.1, -0.05) is 42.5 Å². The van der Waals surface area contributed by atoms with Gasteiger partial charge >= 0.3 is 0 Å². The van der Waals surface area contributed by atoms with Crippen LogP contribution in [0.4, 0.5) is 5.69 Å². The molecule has 150 valence electrons. The fourth-order valence-corrected chi connectivity index (χ4v) is 3.36. The molecule has 0 unspecified atom stereocenters. The fraction of sp³-hybridized carbons (Fsp3) is 0.0800. The lowest BCUT2D eigenvalue weighted by Gasteiger charge is -2.15. The summed E-state index contributed by atoms with van der Waals surface area (Å²) >= 11 is 5.55. The van der Waals surface area contributed by atoms with Crippen LogP contribution in [0.25, 0.3) is 21.9 Å². The minimum absolute atomic E-state index is 0.0852. The summed E-state index contributed by atoms with van der Waals surface area (Å²) < 4.78 is 11.7. The van der Waals surface area contributed by atoms with E-state index in [1.807, 2.05) is 54.6 Å². The van der Waals surface area contributed by atoms with Crippen molar-refractivity contribution >= 4 is 34.0 Å². The zero-order valence-electron chi connectivity index (χ0n) is 16.4. The second kappa shape index (κ2) is 8.89. The van der Waals surface area contributed by atoms with Crippen LogP contribution in [0.15, 0.2) is 84.9 Å². The third-order valence-corrected chi connectivity index (χ3v) is 4.98. The molecule has 0 bridgehead atoms. The van der Waals surface area contributed by atoms with Gasteiger partial charge in [-0.05, 0) is 53.4 Å². The van der Waals surface area contributed by atoms with E-state index in [1.54, 1.807) is 19.2 Å². The van der Waals surface area contributed by atoms with E-state index in [9.17, 15) is 4.79 Å². The lowest BCUT2D eigenvalue weighted by Crippen LogP contribution is -2.12. The van der Waals surface area contributed by atoms with Crippen LogP contribution in [0.2, 0.25) is 0 Å². The average molecular weight is 418 g/mol. The fourth-order valence-electron chi connectivity index (χ4n) is 3.29. The van der Waals surface area contributed by atoms with Gasteiger partial charge in [0.05, 0.1) is 7.11 Å². The Hall–Kier alpha value is -3.50. The first-order chi connectivity index (χ1) is 14.7. The maximum Gasteiger partial charge on any atom is 0.239 e. The van der Waals surface area contributed by atoms with Crippen molar-refractivity contribution in [1.82, 2.24) is 0 Å². The van der Waals surface area contributed by atoms with E-state index in [0.29, 0.717) is 11.4 Å². The van der Waals surface area contributed by atoms with Crippen LogP contribution in [0.1, 0.15) is 0 Å². The minimum Gasteiger partial charge on any atom is -0.497 e. The third-order valence-electron chi connectivity index (χ3n) is 4.74. The molecule has 0 atom stereocenters. The number of methoxy groups -OCH3 is 1. The largest absolute Gasteiger partial charge is 0.497 e. The Morgan fingerprint density at radius 2 is 1.70 bits per heavy atom. The number of hydrogen-bond donors (Lipinski definition) is 1. The summed E-state index contributed by atoms with van der Waals surface area (Å²) in [6.45, 7) is 0. The number of carbonyl (C=O) groups is 1. The zero-order chi connectivity index (χ0) is 20.9. The molecule has 0 heterocycles. The van der Waals surface area contributed by atoms with Gasteiger partial charge in [-0.15, -0.1) is 11.6 Å². The molecule has 0 saturated carbocycles. The first kappa shape index (κ1) is 19.8. The number of halogens is 1. The molecular weight excluding hydrogens is 398 g/mol. The topological polar surface area (TPSA) is 47.6 Å². The van der Waals surface area contributed by atoms with Crippen molar-refractivity contribution in [3.8, 4) is 28.4 Å². The standard InChI is InChI=1S/C25H20ClNO3/c1-29-21-7-4-6-18(15-21)23-14-9-17-5-2-3-8-22(17)25(23)30-20-12-10-19(11-13-20)27-24(28)16-26/h2-15H,16H2,1H3,(H,27,28). The van der Waals surface area contributed by atoms with E-state index in [2.05, 4.69) is 23.5 Å². The SMILES string of the molecule is COc1cccc(-c2ccc3ccccc3c2Oc2ccc(NC(=O)CCl)cc2)c1. The van der Waals surface area contributed by atoms with Crippen molar-refractivity contribution in [2.75, 3.05) is 18.3 Å². The smallest absolute Gasteiger partial charge is 0.239 e. The molecule has 0 aromatic heterocycles. The van der Waals surface area contributed by atoms with E-state index in [1.165, 1.54) is 0 Å². The highest BCUT2D eigenvalue weighted by molar-refractivity contribution is 6.29. The van der Waals surface area contributed by atoms with E-state index in [-0.39, 0.29) is 11.8 Å². The molecule has 0 saturated heterocycles. The second-order valence-electron chi connectivity index (χ2n) is 6.70. The molecule has 0 aliphatic rings. The second-order valence-corrected chi connectivity index (χ2v) is 6.97. The van der Waals surface area contributed by atoms with Gasteiger partial charge in [0.1, 0.15) is 23.1 Å². The Morgan fingerprint density at radius 1 is 0.900 bits per heavy atom. The zero-order valence-corrected chi connectivity index (χ0v) is 17.1. The van der Waals surface area contributed by atoms with E-state index < -0.39 is 0 Å². The van der Waals surface area contributed by atoms with E-state index in [0.717, 1.165) is 33.4 Å². The first-order valence-corrected chi connectivity index (χ1v) is 10.0. The molecule has 4 rings (SSSR count). The monoisotopic (exact) mass is 417 g/mol. The van der Waals surface area contributed by atoms with Crippen LogP contribution in [0.3, 0.4) is 0 Å². The molecule has 4 aromatic carbocycles. The summed E-state index contributed by atoms with van der Waals surface area (Å²) in [5, 5.41) is 4.82. The summed E-state index contributed by atoms with van der Waals surface area (Å²) in [5.41, 5.74) is 2.63. The predicted octanol–water partition coefficient (Wildman–Crippen LogP) is 6.49. The highest BCUT2D eigenvalue weighted by Gasteiger charge is 2.13. The summed E-state index contributed by atoms with van der Waals surface area (Å²) in [6, 6.07) is 27.4. The first-order valence-electron chi connectivity index (χ1n) is 9.48. The maximum atomic E-state index is 11.5. The number of ether oxygens (including phenoxy) is 2. The van der Waals surface area contributed by atoms with Crippen LogP contribution in [-0.4, -0.2) is 18.9 Å². The van der Waals surface area contributed by atoms with Crippen molar-refractivity contribution < 1.29 is 14.3 Å². The molecular formula is C25H20ClNO3. The predicted molar refractivity (Wildman–Crippen MR) is 122 cm³/mol. The van der Waals surface area contributed by atoms with Crippen LogP contribution >= 0.6 is 11.6 Å². The van der Waals surface area contributed by atoms with Gasteiger partial charge in [0, 0.05) is 16.6 Å². The van der Waals surface area contributed by atoms with Gasteiger partial charge in [0.2, 0.25) is 5.91 Å². The van der Waals surface area contributed by atoms with Gasteiger partial charge in [-0.2, -0.15) is 0 Å². The summed E-state index contributed by atoms with van der Waals surface area (Å²) in [6.07, 6.45) is 0. The molecule has 4 aromatic rings. The van der Waals surface area contributed by atoms with E-state index >= 15 is 0 Å². The van der Waals surface area contributed by atoms with Crippen molar-refractivity contribution in [2.24, 2.45) is 0 Å². The Bertz CT molecular complexity index is 1190. The molecule has 1 amide bonds. The molecule has 0 aliphatic carbocycles. The Balaban J connectivity index is 1.75. The number of nitrogens with one attached hydrogen (secondary N) is 1. The van der Waals surface area contributed by atoms with Crippen molar-refractivity contribution in [2.45, 2.75) is 0 Å². The minimum atomic E-state index is -0.250. The molecule has 5 heteroatoms. The van der Waals surface area contributed by atoms with Crippen LogP contribution in [0.5, 0.6) is 17.2 Å². The molecule has 0 fully saturated rings. The normalized spacial score (nSPS) is 10.6. The quantitative estimate of drug-likeness (QED) is 0.365. The van der Waals surface area contributed by atoms with Gasteiger partial charge in [0.15, 0.2) is 0 Å². The Morgan fingerprint density at radius 3 is 2.47 bits per heavy atom. The number of hydrogen-bond acceptors (Lipinski definition) is 3. The number of alkyl halides is 1. The lowest BCUT2D eigenvalue weighted by molar-refractivity contribution is -0.113. The number of benzene rings is 4. The number of fused-ring (bicyclic) bond motifs is 1. The Kier molecular flexibility index (Phi) is 5.87. The van der Waals surface area contributed by atoms with Crippen molar-refractivity contribution in [3.05, 3.63) is 84.9 Å². The van der Waals surface area contributed by atoms with Crippen LogP contribution < -0.4 is 14.8 Å². The van der Waals surface area contributed by atoms with E-state index in [4.69, 9.17) is 21.1 Å². The number of amides is 1. The van der Waals surface area contributed by atoms with Crippen molar-refractivity contribution in [1.29, 1.82) is 0 Å². The molecule has 0 radical (unpaired) electrons. The average Bonchev–Trinajstić information content (AvgIpc) is 2.80. The number of rotatable bonds is 6. The number of anilines is 1.